The van der Waals surface area contributed by atoms with Gasteiger partial charge in [0.05, 0.1) is 17.1 Å². The van der Waals surface area contributed by atoms with Crippen molar-refractivity contribution in [2.24, 2.45) is 5.10 Å². The van der Waals surface area contributed by atoms with Gasteiger partial charge in [0.2, 0.25) is 5.95 Å². The van der Waals surface area contributed by atoms with Crippen LogP contribution in [0.15, 0.2) is 70.6 Å². The maximum atomic E-state index is 12.0. The number of aromatic nitrogens is 2. The summed E-state index contributed by atoms with van der Waals surface area (Å²) in [5.74, 6) is 0.365. The van der Waals surface area contributed by atoms with Gasteiger partial charge in [-0.15, -0.1) is 0 Å². The molecule has 1 heterocycles. The fourth-order valence-electron chi connectivity index (χ4n) is 2.72. The third-order valence-corrected chi connectivity index (χ3v) is 3.92. The average Bonchev–Trinajstić information content (AvgIpc) is 2.64. The molecule has 0 aliphatic rings. The summed E-state index contributed by atoms with van der Waals surface area (Å²) in [4.78, 5) is 19.0. The highest BCUT2D eigenvalue weighted by atomic mass is 16.3. The molecule has 3 aromatic carbocycles. The summed E-state index contributed by atoms with van der Waals surface area (Å²) in [5.41, 5.74) is 3.64. The lowest BCUT2D eigenvalue weighted by atomic mass is 10.0. The first-order valence-electron chi connectivity index (χ1n) is 7.71. The summed E-state index contributed by atoms with van der Waals surface area (Å²) in [6.07, 6.45) is 1.51. The summed E-state index contributed by atoms with van der Waals surface area (Å²) in [7, 11) is 0. The topological polar surface area (TPSA) is 90.4 Å². The van der Waals surface area contributed by atoms with E-state index < -0.39 is 0 Å². The van der Waals surface area contributed by atoms with Crippen LogP contribution in [0.25, 0.3) is 21.7 Å². The molecule has 0 unspecified atom stereocenters. The summed E-state index contributed by atoms with van der Waals surface area (Å²) in [5, 5.41) is 16.6. The molecule has 0 amide bonds. The largest absolute Gasteiger partial charge is 0.507 e. The van der Waals surface area contributed by atoms with Crippen LogP contribution in [0.1, 0.15) is 5.56 Å². The van der Waals surface area contributed by atoms with Gasteiger partial charge in [-0.05, 0) is 29.0 Å². The molecule has 0 aliphatic heterocycles. The van der Waals surface area contributed by atoms with Gasteiger partial charge in [-0.25, -0.2) is 10.4 Å². The van der Waals surface area contributed by atoms with Crippen LogP contribution in [-0.2, 0) is 0 Å². The first-order chi connectivity index (χ1) is 12.2. The third kappa shape index (κ3) is 2.81. The monoisotopic (exact) mass is 330 g/mol. The van der Waals surface area contributed by atoms with Crippen LogP contribution < -0.4 is 11.0 Å². The van der Waals surface area contributed by atoms with E-state index in [-0.39, 0.29) is 17.3 Å². The predicted octanol–water partition coefficient (Wildman–Crippen LogP) is 3.23. The fraction of sp³-hybridized carbons (Fsp3) is 0. The van der Waals surface area contributed by atoms with Gasteiger partial charge in [0.25, 0.3) is 5.56 Å². The van der Waals surface area contributed by atoms with Crippen molar-refractivity contribution in [1.29, 1.82) is 0 Å². The normalized spacial score (nSPS) is 11.4. The minimum Gasteiger partial charge on any atom is -0.507 e. The van der Waals surface area contributed by atoms with E-state index in [0.717, 1.165) is 10.8 Å². The molecule has 0 radical (unpaired) electrons. The van der Waals surface area contributed by atoms with Gasteiger partial charge in [-0.1, -0.05) is 42.5 Å². The second kappa shape index (κ2) is 6.09. The summed E-state index contributed by atoms with van der Waals surface area (Å²) < 4.78 is 0. The van der Waals surface area contributed by atoms with Crippen molar-refractivity contribution in [2.45, 2.75) is 0 Å². The molecule has 3 N–H and O–H groups in total. The lowest BCUT2D eigenvalue weighted by Gasteiger charge is -2.05. The van der Waals surface area contributed by atoms with Crippen LogP contribution >= 0.6 is 0 Å². The van der Waals surface area contributed by atoms with Crippen molar-refractivity contribution in [3.63, 3.8) is 0 Å². The molecule has 0 spiro atoms. The Morgan fingerprint density at radius 1 is 1.00 bits per heavy atom. The molecule has 6 nitrogen and oxygen atoms in total. The van der Waals surface area contributed by atoms with E-state index in [1.807, 2.05) is 36.4 Å². The number of hydrogen-bond donors (Lipinski definition) is 3. The van der Waals surface area contributed by atoms with Gasteiger partial charge in [0, 0.05) is 5.56 Å². The fourth-order valence-corrected chi connectivity index (χ4v) is 2.72. The smallest absolute Gasteiger partial charge is 0.260 e. The van der Waals surface area contributed by atoms with Gasteiger partial charge in [-0.3, -0.25) is 9.78 Å². The number of benzene rings is 3. The molecular formula is C19H14N4O2. The number of hydrogen-bond acceptors (Lipinski definition) is 5. The van der Waals surface area contributed by atoms with Crippen molar-refractivity contribution in [2.75, 3.05) is 5.43 Å². The zero-order chi connectivity index (χ0) is 17.2. The molecule has 0 atom stereocenters. The van der Waals surface area contributed by atoms with Crippen LogP contribution in [-0.4, -0.2) is 21.3 Å². The van der Waals surface area contributed by atoms with Crippen LogP contribution in [0.5, 0.6) is 5.75 Å². The maximum Gasteiger partial charge on any atom is 0.260 e. The van der Waals surface area contributed by atoms with Crippen molar-refractivity contribution in [1.82, 2.24) is 9.97 Å². The number of nitrogens with zero attached hydrogens (tertiary/aromatic N) is 2. The average molecular weight is 330 g/mol. The van der Waals surface area contributed by atoms with E-state index in [1.54, 1.807) is 24.3 Å². The number of aromatic amines is 1. The summed E-state index contributed by atoms with van der Waals surface area (Å²) in [6.45, 7) is 0. The molecule has 122 valence electrons. The number of fused-ring (bicyclic) bond motifs is 2. The Bertz CT molecular complexity index is 1160. The predicted molar refractivity (Wildman–Crippen MR) is 99.2 cm³/mol. The van der Waals surface area contributed by atoms with E-state index >= 15 is 0 Å². The van der Waals surface area contributed by atoms with Crippen LogP contribution in [0, 0.1) is 0 Å². The Hall–Kier alpha value is -3.67. The molecular weight excluding hydrogens is 316 g/mol. The number of anilines is 1. The van der Waals surface area contributed by atoms with Gasteiger partial charge in [0.1, 0.15) is 5.75 Å². The number of nitrogens with one attached hydrogen (secondary N) is 2. The molecule has 4 rings (SSSR count). The van der Waals surface area contributed by atoms with Gasteiger partial charge >= 0.3 is 0 Å². The van der Waals surface area contributed by atoms with Gasteiger partial charge in [-0.2, -0.15) is 5.10 Å². The number of phenolic OH excluding ortho intramolecular Hbond substituents is 1. The number of aromatic hydroxyl groups is 1. The number of rotatable bonds is 3. The zero-order valence-electron chi connectivity index (χ0n) is 13.1. The lowest BCUT2D eigenvalue weighted by molar-refractivity contribution is 0.475. The van der Waals surface area contributed by atoms with Crippen molar-refractivity contribution >= 4 is 33.8 Å². The van der Waals surface area contributed by atoms with E-state index in [2.05, 4.69) is 20.5 Å². The number of hydrazone groups is 1. The SMILES string of the molecule is O=c1[nH]c(NN=Cc2c(O)ccc3ccccc23)nc2ccccc12. The van der Waals surface area contributed by atoms with Gasteiger partial charge < -0.3 is 5.11 Å². The molecule has 4 aromatic rings. The Balaban J connectivity index is 1.68. The van der Waals surface area contributed by atoms with E-state index in [4.69, 9.17) is 0 Å². The molecule has 0 bridgehead atoms. The maximum absolute atomic E-state index is 12.0. The summed E-state index contributed by atoms with van der Waals surface area (Å²) >= 11 is 0. The minimum absolute atomic E-state index is 0.129. The first kappa shape index (κ1) is 14.9. The second-order valence-electron chi connectivity index (χ2n) is 5.52. The van der Waals surface area contributed by atoms with E-state index in [1.165, 1.54) is 6.21 Å². The highest BCUT2D eigenvalue weighted by Crippen LogP contribution is 2.25. The zero-order valence-corrected chi connectivity index (χ0v) is 13.1. The minimum atomic E-state index is -0.240. The Morgan fingerprint density at radius 3 is 2.64 bits per heavy atom. The number of phenols is 1. The van der Waals surface area contributed by atoms with Crippen LogP contribution in [0.3, 0.4) is 0 Å². The molecule has 1 aromatic heterocycles. The van der Waals surface area contributed by atoms with Crippen molar-refractivity contribution in [3.05, 3.63) is 76.6 Å². The van der Waals surface area contributed by atoms with E-state index in [9.17, 15) is 9.90 Å². The van der Waals surface area contributed by atoms with E-state index in [0.29, 0.717) is 16.5 Å². The third-order valence-electron chi connectivity index (χ3n) is 3.92. The Morgan fingerprint density at radius 2 is 1.76 bits per heavy atom. The molecule has 25 heavy (non-hydrogen) atoms. The van der Waals surface area contributed by atoms with Crippen LogP contribution in [0.4, 0.5) is 5.95 Å². The molecule has 0 fully saturated rings. The molecule has 6 heteroatoms. The van der Waals surface area contributed by atoms with Crippen molar-refractivity contribution in [3.8, 4) is 5.75 Å². The summed E-state index contributed by atoms with van der Waals surface area (Å²) in [6, 6.07) is 18.2. The molecule has 0 saturated heterocycles. The van der Waals surface area contributed by atoms with Crippen LogP contribution in [0.2, 0.25) is 0 Å². The van der Waals surface area contributed by atoms with Gasteiger partial charge in [0.15, 0.2) is 0 Å². The highest BCUT2D eigenvalue weighted by Gasteiger charge is 2.05. The first-order valence-corrected chi connectivity index (χ1v) is 7.71. The Kier molecular flexibility index (Phi) is 3.63. The number of para-hydroxylation sites is 1. The highest BCUT2D eigenvalue weighted by molar-refractivity contribution is 6.02. The standard InChI is InChI=1S/C19H14N4O2/c24-17-10-9-12-5-1-2-6-13(12)15(17)11-20-23-19-21-16-8-4-3-7-14(16)18(25)22-19/h1-11,24H,(H2,21,22,23,25). The molecule has 0 aliphatic carbocycles. The number of H-pyrrole nitrogens is 1. The lowest BCUT2D eigenvalue weighted by Crippen LogP contribution is -2.11. The Labute approximate surface area is 142 Å². The van der Waals surface area contributed by atoms with Crippen molar-refractivity contribution < 1.29 is 5.11 Å². The second-order valence-corrected chi connectivity index (χ2v) is 5.52. The quantitative estimate of drug-likeness (QED) is 0.397. The molecule has 0 saturated carbocycles.